The third kappa shape index (κ3) is 1.55. The first-order chi connectivity index (χ1) is 5.27. The lowest BCUT2D eigenvalue weighted by molar-refractivity contribution is 0.111. The molecule has 0 aliphatic heterocycles. The summed E-state index contributed by atoms with van der Waals surface area (Å²) in [6.45, 7) is 6.08. The zero-order valence-electron chi connectivity index (χ0n) is 6.45. The van der Waals surface area contributed by atoms with Crippen molar-refractivity contribution in [2.24, 2.45) is 0 Å². The summed E-state index contributed by atoms with van der Waals surface area (Å²) in [6.07, 6.45) is 4.32. The van der Waals surface area contributed by atoms with Gasteiger partial charge in [0, 0.05) is 6.20 Å². The molecule has 1 heterocycles. The average Bonchev–Trinajstić information content (AvgIpc) is 2.32. The van der Waals surface area contributed by atoms with Crippen LogP contribution < -0.4 is 0 Å². The Morgan fingerprint density at radius 1 is 1.82 bits per heavy atom. The fraction of sp³-hybridized carbons (Fsp3) is 0.250. The molecule has 0 aliphatic carbocycles. The summed E-state index contributed by atoms with van der Waals surface area (Å²) in [4.78, 5) is 10.3. The number of hydrogen-bond acceptors (Lipinski definition) is 2. The molecule has 0 atom stereocenters. The first-order valence-electron chi connectivity index (χ1n) is 3.38. The molecule has 0 aromatic carbocycles. The summed E-state index contributed by atoms with van der Waals surface area (Å²) in [5.41, 5.74) is 1.41. The second-order valence-corrected chi connectivity index (χ2v) is 2.33. The van der Waals surface area contributed by atoms with Crippen molar-refractivity contribution >= 4 is 6.29 Å². The Morgan fingerprint density at radius 3 is 3.00 bits per heavy atom. The van der Waals surface area contributed by atoms with Crippen molar-refractivity contribution in [1.29, 1.82) is 0 Å². The molecule has 0 bridgehead atoms. The molecule has 1 aromatic heterocycles. The fourth-order valence-corrected chi connectivity index (χ4v) is 0.878. The minimum absolute atomic E-state index is 0.506. The highest BCUT2D eigenvalue weighted by Gasteiger charge is 2.00. The number of allylic oxidation sites excluding steroid dienone is 1. The van der Waals surface area contributed by atoms with Gasteiger partial charge in [-0.2, -0.15) is 5.10 Å². The summed E-state index contributed by atoms with van der Waals surface area (Å²) < 4.78 is 1.69. The van der Waals surface area contributed by atoms with Gasteiger partial charge in [0.25, 0.3) is 0 Å². The Labute approximate surface area is 65.3 Å². The monoisotopic (exact) mass is 150 g/mol. The van der Waals surface area contributed by atoms with E-state index < -0.39 is 0 Å². The van der Waals surface area contributed by atoms with Crippen molar-refractivity contribution in [3.63, 3.8) is 0 Å². The first kappa shape index (κ1) is 7.72. The lowest BCUT2D eigenvalue weighted by Gasteiger charge is -1.90. The zero-order valence-corrected chi connectivity index (χ0v) is 6.45. The van der Waals surface area contributed by atoms with Crippen LogP contribution in [0.3, 0.4) is 0 Å². The van der Waals surface area contributed by atoms with Crippen LogP contribution in [0.1, 0.15) is 16.1 Å². The molecule has 0 aliphatic rings. The number of nitrogens with zero attached hydrogens (tertiary/aromatic N) is 2. The third-order valence-corrected chi connectivity index (χ3v) is 1.41. The molecule has 0 amide bonds. The van der Waals surface area contributed by atoms with Crippen molar-refractivity contribution in [2.75, 3.05) is 0 Å². The van der Waals surface area contributed by atoms with Gasteiger partial charge in [0.15, 0.2) is 6.29 Å². The van der Waals surface area contributed by atoms with Gasteiger partial charge in [0.1, 0.15) is 5.69 Å². The van der Waals surface area contributed by atoms with Gasteiger partial charge in [-0.25, -0.2) is 0 Å². The molecule has 11 heavy (non-hydrogen) atoms. The predicted molar refractivity (Wildman–Crippen MR) is 42.5 cm³/mol. The molecule has 1 aromatic rings. The van der Waals surface area contributed by atoms with E-state index in [9.17, 15) is 4.79 Å². The molecule has 0 N–H and O–H groups in total. The zero-order chi connectivity index (χ0) is 8.27. The Balaban J connectivity index is 2.94. The van der Waals surface area contributed by atoms with Gasteiger partial charge < -0.3 is 0 Å². The first-order valence-corrected chi connectivity index (χ1v) is 3.38. The van der Waals surface area contributed by atoms with Crippen molar-refractivity contribution in [3.05, 3.63) is 30.1 Å². The smallest absolute Gasteiger partial charge is 0.170 e. The van der Waals surface area contributed by atoms with Gasteiger partial charge in [0.05, 0.1) is 6.54 Å². The second kappa shape index (κ2) is 3.14. The van der Waals surface area contributed by atoms with Crippen LogP contribution in [0, 0.1) is 6.92 Å². The molecule has 0 unspecified atom stereocenters. The topological polar surface area (TPSA) is 34.9 Å². The highest BCUT2D eigenvalue weighted by Crippen LogP contribution is 2.01. The Hall–Kier alpha value is -1.38. The minimum atomic E-state index is 0.506. The average molecular weight is 150 g/mol. The molecule has 3 nitrogen and oxygen atoms in total. The van der Waals surface area contributed by atoms with Crippen molar-refractivity contribution in [3.8, 4) is 0 Å². The molecule has 0 spiro atoms. The lowest BCUT2D eigenvalue weighted by Crippen LogP contribution is -1.95. The maximum atomic E-state index is 10.3. The van der Waals surface area contributed by atoms with Crippen molar-refractivity contribution in [2.45, 2.75) is 13.5 Å². The SMILES string of the molecule is C=CCn1cc(C)c(C=O)n1. The quantitative estimate of drug-likeness (QED) is 0.479. The van der Waals surface area contributed by atoms with Crippen LogP contribution in [0.5, 0.6) is 0 Å². The molecule has 0 fully saturated rings. The number of aldehydes is 1. The van der Waals surface area contributed by atoms with Gasteiger partial charge in [-0.15, -0.1) is 6.58 Å². The van der Waals surface area contributed by atoms with E-state index in [1.165, 1.54) is 0 Å². The number of hydrogen-bond donors (Lipinski definition) is 0. The highest BCUT2D eigenvalue weighted by atomic mass is 16.1. The van der Waals surface area contributed by atoms with E-state index in [-0.39, 0.29) is 0 Å². The molecule has 0 saturated carbocycles. The van der Waals surface area contributed by atoms with E-state index in [1.807, 2.05) is 13.1 Å². The van der Waals surface area contributed by atoms with Gasteiger partial charge in [-0.3, -0.25) is 9.48 Å². The van der Waals surface area contributed by atoms with Gasteiger partial charge in [-0.1, -0.05) is 6.08 Å². The van der Waals surface area contributed by atoms with Gasteiger partial charge >= 0.3 is 0 Å². The normalized spacial score (nSPS) is 9.55. The van der Waals surface area contributed by atoms with Crippen LogP contribution in [0.4, 0.5) is 0 Å². The van der Waals surface area contributed by atoms with Crippen LogP contribution >= 0.6 is 0 Å². The number of rotatable bonds is 3. The van der Waals surface area contributed by atoms with E-state index in [1.54, 1.807) is 10.8 Å². The minimum Gasteiger partial charge on any atom is -0.296 e. The molecule has 3 heteroatoms. The molecular formula is C8H10N2O. The van der Waals surface area contributed by atoms with Crippen molar-refractivity contribution < 1.29 is 4.79 Å². The van der Waals surface area contributed by atoms with Crippen LogP contribution in [-0.2, 0) is 6.54 Å². The third-order valence-electron chi connectivity index (χ3n) is 1.41. The van der Waals surface area contributed by atoms with Crippen LogP contribution in [0.2, 0.25) is 0 Å². The standard InChI is InChI=1S/C8H10N2O/c1-3-4-10-5-7(2)8(6-11)9-10/h3,5-6H,1,4H2,2H3. The summed E-state index contributed by atoms with van der Waals surface area (Å²) in [5, 5.41) is 4.00. The molecular weight excluding hydrogens is 140 g/mol. The van der Waals surface area contributed by atoms with Crippen LogP contribution in [0.25, 0.3) is 0 Å². The largest absolute Gasteiger partial charge is 0.296 e. The van der Waals surface area contributed by atoms with E-state index in [0.29, 0.717) is 12.2 Å². The fourth-order valence-electron chi connectivity index (χ4n) is 0.878. The highest BCUT2D eigenvalue weighted by molar-refractivity contribution is 5.73. The number of carbonyl (C=O) groups is 1. The van der Waals surface area contributed by atoms with Gasteiger partial charge in [0.2, 0.25) is 0 Å². The molecule has 1 rings (SSSR count). The Kier molecular flexibility index (Phi) is 2.21. The van der Waals surface area contributed by atoms with E-state index in [2.05, 4.69) is 11.7 Å². The number of aromatic nitrogens is 2. The van der Waals surface area contributed by atoms with Crippen molar-refractivity contribution in [1.82, 2.24) is 9.78 Å². The van der Waals surface area contributed by atoms with Gasteiger partial charge in [-0.05, 0) is 12.5 Å². The van der Waals surface area contributed by atoms with E-state index in [0.717, 1.165) is 11.8 Å². The van der Waals surface area contributed by atoms with E-state index >= 15 is 0 Å². The molecule has 0 saturated heterocycles. The maximum absolute atomic E-state index is 10.3. The summed E-state index contributed by atoms with van der Waals surface area (Å²) in [5.74, 6) is 0. The number of carbonyl (C=O) groups excluding carboxylic acids is 1. The van der Waals surface area contributed by atoms with Crippen LogP contribution in [0.15, 0.2) is 18.9 Å². The number of aryl methyl sites for hydroxylation is 1. The summed E-state index contributed by atoms with van der Waals surface area (Å²) >= 11 is 0. The Bertz CT molecular complexity index is 276. The predicted octanol–water partition coefficient (Wildman–Crippen LogP) is 1.19. The summed E-state index contributed by atoms with van der Waals surface area (Å²) in [6, 6.07) is 0. The maximum Gasteiger partial charge on any atom is 0.170 e. The molecule has 0 radical (unpaired) electrons. The van der Waals surface area contributed by atoms with Crippen LogP contribution in [-0.4, -0.2) is 16.1 Å². The lowest BCUT2D eigenvalue weighted by atomic mass is 10.3. The summed E-state index contributed by atoms with van der Waals surface area (Å²) in [7, 11) is 0. The second-order valence-electron chi connectivity index (χ2n) is 2.33. The van der Waals surface area contributed by atoms with E-state index in [4.69, 9.17) is 0 Å². The Morgan fingerprint density at radius 2 is 2.55 bits per heavy atom. The molecule has 58 valence electrons.